The van der Waals surface area contributed by atoms with Crippen molar-refractivity contribution in [1.82, 2.24) is 0 Å². The number of halogens is 2. The third-order valence-electron chi connectivity index (χ3n) is 4.59. The van der Waals surface area contributed by atoms with Gasteiger partial charge in [0.05, 0.1) is 0 Å². The fourth-order valence-corrected chi connectivity index (χ4v) is 3.28. The van der Waals surface area contributed by atoms with Crippen LogP contribution >= 0.6 is 11.6 Å². The largest absolute Gasteiger partial charge is 0.488 e. The number of ether oxygens (including phenoxy) is 1. The molecule has 3 rings (SSSR count). The first-order chi connectivity index (χ1) is 14.9. The monoisotopic (exact) mass is 440 g/mol. The molecule has 6 heteroatoms. The number of hydrogen-bond acceptors (Lipinski definition) is 3. The number of carbonyl (C=O) groups excluding carboxylic acids is 1. The van der Waals surface area contributed by atoms with Crippen LogP contribution in [0.2, 0.25) is 5.02 Å². The first-order valence-electron chi connectivity index (χ1n) is 10.2. The first kappa shape index (κ1) is 22.6. The summed E-state index contributed by atoms with van der Waals surface area (Å²) in [7, 11) is 0. The second kappa shape index (κ2) is 10.8. The van der Waals surface area contributed by atoms with Crippen LogP contribution in [0.3, 0.4) is 0 Å². The number of carbonyl (C=O) groups is 1. The van der Waals surface area contributed by atoms with E-state index >= 15 is 0 Å². The van der Waals surface area contributed by atoms with E-state index in [4.69, 9.17) is 16.3 Å². The van der Waals surface area contributed by atoms with Gasteiger partial charge in [-0.2, -0.15) is 0 Å². The Labute approximate surface area is 187 Å². The number of amides is 1. The Morgan fingerprint density at radius 2 is 1.77 bits per heavy atom. The average molecular weight is 441 g/mol. The molecule has 0 fully saturated rings. The lowest BCUT2D eigenvalue weighted by Crippen LogP contribution is -2.14. The van der Waals surface area contributed by atoms with Gasteiger partial charge in [0.15, 0.2) is 0 Å². The van der Waals surface area contributed by atoms with Gasteiger partial charge in [0.25, 0.3) is 0 Å². The Hall–Kier alpha value is -3.05. The molecule has 2 N–H and O–H groups in total. The lowest BCUT2D eigenvalue weighted by Gasteiger charge is -2.14. The lowest BCUT2D eigenvalue weighted by atomic mass is 10.1. The van der Waals surface area contributed by atoms with Crippen LogP contribution in [0, 0.1) is 11.7 Å². The van der Waals surface area contributed by atoms with E-state index in [1.807, 2.05) is 44.2 Å². The maximum Gasteiger partial charge on any atom is 0.224 e. The van der Waals surface area contributed by atoms with Crippen LogP contribution < -0.4 is 15.4 Å². The average Bonchev–Trinajstić information content (AvgIpc) is 2.72. The summed E-state index contributed by atoms with van der Waals surface area (Å²) in [6, 6.07) is 19.4. The zero-order valence-electron chi connectivity index (χ0n) is 17.6. The third-order valence-corrected chi connectivity index (χ3v) is 4.82. The van der Waals surface area contributed by atoms with Crippen molar-refractivity contribution >= 4 is 28.9 Å². The maximum atomic E-state index is 13.9. The highest BCUT2D eigenvalue weighted by Gasteiger charge is 2.09. The summed E-state index contributed by atoms with van der Waals surface area (Å²) >= 11 is 6.17. The van der Waals surface area contributed by atoms with E-state index in [0.29, 0.717) is 35.2 Å². The van der Waals surface area contributed by atoms with Crippen molar-refractivity contribution < 1.29 is 13.9 Å². The van der Waals surface area contributed by atoms with E-state index in [9.17, 15) is 9.18 Å². The van der Waals surface area contributed by atoms with Gasteiger partial charge in [-0.25, -0.2) is 4.39 Å². The van der Waals surface area contributed by atoms with E-state index in [1.165, 1.54) is 6.07 Å². The topological polar surface area (TPSA) is 50.4 Å². The molecule has 0 aromatic heterocycles. The summed E-state index contributed by atoms with van der Waals surface area (Å²) in [4.78, 5) is 12.0. The molecule has 0 saturated heterocycles. The van der Waals surface area contributed by atoms with Crippen LogP contribution in [0.1, 0.15) is 31.4 Å². The van der Waals surface area contributed by atoms with Crippen LogP contribution in [0.5, 0.6) is 5.75 Å². The SMILES string of the molecule is CC(C)CC(=O)Nc1cccc(NCc2cc(Cl)ccc2OCc2ccccc2F)c1. The fourth-order valence-electron chi connectivity index (χ4n) is 3.08. The molecule has 0 aliphatic heterocycles. The molecule has 0 bridgehead atoms. The quantitative estimate of drug-likeness (QED) is 0.391. The summed E-state index contributed by atoms with van der Waals surface area (Å²) in [6.07, 6.45) is 0.475. The molecule has 0 unspecified atom stereocenters. The van der Waals surface area contributed by atoms with Crippen molar-refractivity contribution in [3.8, 4) is 5.75 Å². The van der Waals surface area contributed by atoms with Crippen LogP contribution in [-0.4, -0.2) is 5.91 Å². The van der Waals surface area contributed by atoms with Crippen LogP contribution in [0.4, 0.5) is 15.8 Å². The summed E-state index contributed by atoms with van der Waals surface area (Å²) in [5.41, 5.74) is 2.92. The van der Waals surface area contributed by atoms with Gasteiger partial charge >= 0.3 is 0 Å². The van der Waals surface area contributed by atoms with Crippen LogP contribution in [-0.2, 0) is 17.9 Å². The van der Waals surface area contributed by atoms with Crippen molar-refractivity contribution in [2.24, 2.45) is 5.92 Å². The van der Waals surface area contributed by atoms with Crippen molar-refractivity contribution in [3.63, 3.8) is 0 Å². The Balaban J connectivity index is 1.66. The second-order valence-corrected chi connectivity index (χ2v) is 8.15. The Morgan fingerprint density at radius 1 is 1.00 bits per heavy atom. The molecule has 0 radical (unpaired) electrons. The van der Waals surface area contributed by atoms with Crippen LogP contribution in [0.25, 0.3) is 0 Å². The Kier molecular flexibility index (Phi) is 7.90. The first-order valence-corrected chi connectivity index (χ1v) is 10.6. The molecule has 31 heavy (non-hydrogen) atoms. The van der Waals surface area contributed by atoms with Gasteiger partial charge in [-0.15, -0.1) is 0 Å². The van der Waals surface area contributed by atoms with Crippen LogP contribution in [0.15, 0.2) is 66.7 Å². The molecule has 3 aromatic rings. The zero-order valence-corrected chi connectivity index (χ0v) is 18.4. The van der Waals surface area contributed by atoms with E-state index in [0.717, 1.165) is 16.9 Å². The zero-order chi connectivity index (χ0) is 22.2. The standard InChI is InChI=1S/C25H26ClFN2O2/c1-17(2)12-25(30)29-22-8-5-7-21(14-22)28-15-19-13-20(26)10-11-24(19)31-16-18-6-3-4-9-23(18)27/h3-11,13-14,17,28H,12,15-16H2,1-2H3,(H,29,30). The van der Waals surface area contributed by atoms with Gasteiger partial charge in [-0.3, -0.25) is 4.79 Å². The lowest BCUT2D eigenvalue weighted by molar-refractivity contribution is -0.116. The predicted octanol–water partition coefficient (Wildman–Crippen LogP) is 6.65. The third kappa shape index (κ3) is 7.00. The van der Waals surface area contributed by atoms with Crippen molar-refractivity contribution in [3.05, 3.63) is 88.7 Å². The molecule has 0 saturated carbocycles. The highest BCUT2D eigenvalue weighted by Crippen LogP contribution is 2.26. The summed E-state index contributed by atoms with van der Waals surface area (Å²) in [5.74, 6) is 0.617. The molecule has 0 aliphatic carbocycles. The molecule has 162 valence electrons. The smallest absolute Gasteiger partial charge is 0.224 e. The molecule has 0 heterocycles. The molecule has 3 aromatic carbocycles. The van der Waals surface area contributed by atoms with Gasteiger partial charge < -0.3 is 15.4 Å². The minimum atomic E-state index is -0.299. The minimum absolute atomic E-state index is 0.00850. The van der Waals surface area contributed by atoms with E-state index < -0.39 is 0 Å². The van der Waals surface area contributed by atoms with E-state index in [-0.39, 0.29) is 18.3 Å². The van der Waals surface area contributed by atoms with Gasteiger partial charge in [-0.1, -0.05) is 49.7 Å². The molecular weight excluding hydrogens is 415 g/mol. The highest BCUT2D eigenvalue weighted by atomic mass is 35.5. The molecule has 0 aliphatic rings. The molecule has 0 atom stereocenters. The number of hydrogen-bond donors (Lipinski definition) is 2. The maximum absolute atomic E-state index is 13.9. The second-order valence-electron chi connectivity index (χ2n) is 7.71. The number of anilines is 2. The Morgan fingerprint density at radius 3 is 2.55 bits per heavy atom. The predicted molar refractivity (Wildman–Crippen MR) is 124 cm³/mol. The number of benzene rings is 3. The molecular formula is C25H26ClFN2O2. The van der Waals surface area contributed by atoms with Gasteiger partial charge in [0, 0.05) is 40.5 Å². The number of rotatable bonds is 9. The van der Waals surface area contributed by atoms with Crippen molar-refractivity contribution in [1.29, 1.82) is 0 Å². The van der Waals surface area contributed by atoms with Gasteiger partial charge in [0.1, 0.15) is 18.2 Å². The molecule has 4 nitrogen and oxygen atoms in total. The van der Waals surface area contributed by atoms with Gasteiger partial charge in [0.2, 0.25) is 5.91 Å². The highest BCUT2D eigenvalue weighted by molar-refractivity contribution is 6.30. The molecule has 0 spiro atoms. The summed E-state index contributed by atoms with van der Waals surface area (Å²) < 4.78 is 19.7. The van der Waals surface area contributed by atoms with Crippen molar-refractivity contribution in [2.75, 3.05) is 10.6 Å². The molecule has 1 amide bonds. The van der Waals surface area contributed by atoms with E-state index in [2.05, 4.69) is 10.6 Å². The summed E-state index contributed by atoms with van der Waals surface area (Å²) in [5, 5.41) is 6.83. The number of nitrogens with one attached hydrogen (secondary N) is 2. The minimum Gasteiger partial charge on any atom is -0.488 e. The Bertz CT molecular complexity index is 1040. The summed E-state index contributed by atoms with van der Waals surface area (Å²) in [6.45, 7) is 4.60. The van der Waals surface area contributed by atoms with E-state index in [1.54, 1.807) is 30.3 Å². The normalized spacial score (nSPS) is 10.7. The van der Waals surface area contributed by atoms with Crippen molar-refractivity contribution in [2.45, 2.75) is 33.4 Å². The fraction of sp³-hybridized carbons (Fsp3) is 0.240. The van der Waals surface area contributed by atoms with Gasteiger partial charge in [-0.05, 0) is 48.4 Å².